The molecule has 0 bridgehead atoms. The molecule has 0 unspecified atom stereocenters. The maximum absolute atomic E-state index is 5.18. The molecule has 0 spiro atoms. The first-order chi connectivity index (χ1) is 28.3. The number of rotatable bonds is 5. The van der Waals surface area contributed by atoms with E-state index in [4.69, 9.17) is 15.0 Å². The molecule has 8 aromatic carbocycles. The Morgan fingerprint density at radius 1 is 0.333 bits per heavy atom. The highest BCUT2D eigenvalue weighted by molar-refractivity contribution is 7.26. The molecule has 5 nitrogen and oxygen atoms in total. The van der Waals surface area contributed by atoms with E-state index in [0.717, 1.165) is 39.1 Å². The SMILES string of the molecule is c1ccc(-c2nc(-c3ccccc3)nc(-c3cc(-n4c5ccccc5c5cc6c(cc54)c4ccccc4n6-c4ccccc4)c4c(c3)sc3ccccc34)n2)cc1. The summed E-state index contributed by atoms with van der Waals surface area (Å²) in [4.78, 5) is 15.4. The van der Waals surface area contributed by atoms with Crippen molar-refractivity contribution >= 4 is 75.1 Å². The van der Waals surface area contributed by atoms with Crippen molar-refractivity contribution in [2.45, 2.75) is 0 Å². The summed E-state index contributed by atoms with van der Waals surface area (Å²) in [7, 11) is 0. The summed E-state index contributed by atoms with van der Waals surface area (Å²) >= 11 is 1.81. The smallest absolute Gasteiger partial charge is 0.164 e. The molecule has 4 aromatic heterocycles. The van der Waals surface area contributed by atoms with Crippen molar-refractivity contribution < 1.29 is 0 Å². The van der Waals surface area contributed by atoms with Gasteiger partial charge in [0, 0.05) is 64.1 Å². The Morgan fingerprint density at radius 3 is 1.42 bits per heavy atom. The molecule has 0 radical (unpaired) electrons. The van der Waals surface area contributed by atoms with Gasteiger partial charge in [-0.15, -0.1) is 11.3 Å². The molecule has 57 heavy (non-hydrogen) atoms. The molecule has 0 N–H and O–H groups in total. The topological polar surface area (TPSA) is 48.5 Å². The molecule has 0 atom stereocenters. The van der Waals surface area contributed by atoms with Crippen LogP contribution in [0.15, 0.2) is 188 Å². The van der Waals surface area contributed by atoms with E-state index in [-0.39, 0.29) is 0 Å². The van der Waals surface area contributed by atoms with Crippen LogP contribution in [0.2, 0.25) is 0 Å². The van der Waals surface area contributed by atoms with Crippen LogP contribution in [-0.4, -0.2) is 24.1 Å². The van der Waals surface area contributed by atoms with Crippen molar-refractivity contribution in [1.29, 1.82) is 0 Å². The Balaban J connectivity index is 1.20. The zero-order chi connectivity index (χ0) is 37.5. The summed E-state index contributed by atoms with van der Waals surface area (Å²) in [6, 6.07) is 66.7. The van der Waals surface area contributed by atoms with Gasteiger partial charge in [-0.3, -0.25) is 0 Å². The largest absolute Gasteiger partial charge is 0.309 e. The van der Waals surface area contributed by atoms with Crippen molar-refractivity contribution in [2.75, 3.05) is 0 Å². The van der Waals surface area contributed by atoms with Crippen LogP contribution in [0.1, 0.15) is 0 Å². The van der Waals surface area contributed by atoms with E-state index in [1.807, 2.05) is 47.7 Å². The van der Waals surface area contributed by atoms with Crippen LogP contribution in [0.5, 0.6) is 0 Å². The van der Waals surface area contributed by atoms with E-state index in [0.29, 0.717) is 17.5 Å². The summed E-state index contributed by atoms with van der Waals surface area (Å²) in [6.07, 6.45) is 0. The van der Waals surface area contributed by atoms with E-state index < -0.39 is 0 Å². The van der Waals surface area contributed by atoms with E-state index in [1.54, 1.807) is 0 Å². The zero-order valence-corrected chi connectivity index (χ0v) is 31.4. The number of para-hydroxylation sites is 3. The van der Waals surface area contributed by atoms with Crippen molar-refractivity contribution in [3.63, 3.8) is 0 Å². The lowest BCUT2D eigenvalue weighted by Crippen LogP contribution is -2.01. The molecule has 12 aromatic rings. The number of fused-ring (bicyclic) bond motifs is 9. The van der Waals surface area contributed by atoms with Gasteiger partial charge in [-0.05, 0) is 54.6 Å². The minimum Gasteiger partial charge on any atom is -0.309 e. The van der Waals surface area contributed by atoms with Gasteiger partial charge in [-0.1, -0.05) is 133 Å². The third kappa shape index (κ3) is 4.98. The van der Waals surface area contributed by atoms with Crippen LogP contribution >= 0.6 is 11.3 Å². The third-order valence-corrected chi connectivity index (χ3v) is 12.3. The van der Waals surface area contributed by atoms with Crippen LogP contribution in [0, 0.1) is 0 Å². The van der Waals surface area contributed by atoms with Gasteiger partial charge in [-0.2, -0.15) is 0 Å². The minimum absolute atomic E-state index is 0.636. The second-order valence-electron chi connectivity index (χ2n) is 14.4. The van der Waals surface area contributed by atoms with Gasteiger partial charge in [0.15, 0.2) is 17.5 Å². The fourth-order valence-corrected chi connectivity index (χ4v) is 9.79. The van der Waals surface area contributed by atoms with Gasteiger partial charge in [0.05, 0.1) is 27.8 Å². The molecule has 6 heteroatoms. The standard InChI is InChI=1S/C51H31N5S/c1-4-16-32(17-5-1)49-52-50(33-18-6-2-7-19-33)54-51(53-49)34-28-45(48-38-24-12-15-27-46(38)57-47(48)29-34)56-42-26-14-11-23-37(42)40-30-43-39(31-44(40)56)36-22-10-13-25-41(36)55(43)35-20-8-3-9-21-35/h1-31H. The van der Waals surface area contributed by atoms with Crippen LogP contribution in [-0.2, 0) is 0 Å². The average molecular weight is 746 g/mol. The minimum atomic E-state index is 0.636. The van der Waals surface area contributed by atoms with Gasteiger partial charge in [0.1, 0.15) is 0 Å². The predicted octanol–water partition coefficient (Wildman–Crippen LogP) is 13.4. The van der Waals surface area contributed by atoms with Gasteiger partial charge in [-0.25, -0.2) is 15.0 Å². The fraction of sp³-hybridized carbons (Fsp3) is 0. The summed E-state index contributed by atoms with van der Waals surface area (Å²) in [6.45, 7) is 0. The highest BCUT2D eigenvalue weighted by Crippen LogP contribution is 2.45. The van der Waals surface area contributed by atoms with Crippen LogP contribution < -0.4 is 0 Å². The number of aromatic nitrogens is 5. The predicted molar refractivity (Wildman–Crippen MR) is 238 cm³/mol. The van der Waals surface area contributed by atoms with Gasteiger partial charge in [0.25, 0.3) is 0 Å². The average Bonchev–Trinajstić information content (AvgIpc) is 3.93. The zero-order valence-electron chi connectivity index (χ0n) is 30.5. The fourth-order valence-electron chi connectivity index (χ4n) is 8.62. The highest BCUT2D eigenvalue weighted by atomic mass is 32.1. The van der Waals surface area contributed by atoms with E-state index >= 15 is 0 Å². The second kappa shape index (κ2) is 12.6. The van der Waals surface area contributed by atoms with Crippen molar-refractivity contribution in [1.82, 2.24) is 24.1 Å². The molecule has 0 saturated heterocycles. The Morgan fingerprint density at radius 2 is 0.807 bits per heavy atom. The summed E-state index contributed by atoms with van der Waals surface area (Å²) in [5, 5.41) is 7.30. The molecule has 12 rings (SSSR count). The van der Waals surface area contributed by atoms with Crippen molar-refractivity contribution in [3.8, 4) is 45.5 Å². The number of nitrogens with zero attached hydrogens (tertiary/aromatic N) is 5. The lowest BCUT2D eigenvalue weighted by Gasteiger charge is -2.14. The summed E-state index contributed by atoms with van der Waals surface area (Å²) in [5.74, 6) is 1.93. The molecule has 0 aliphatic heterocycles. The first-order valence-electron chi connectivity index (χ1n) is 19.1. The lowest BCUT2D eigenvalue weighted by atomic mass is 10.1. The molecule has 0 aliphatic carbocycles. The van der Waals surface area contributed by atoms with E-state index in [1.165, 1.54) is 52.8 Å². The molecule has 4 heterocycles. The third-order valence-electron chi connectivity index (χ3n) is 11.1. The molecule has 0 amide bonds. The molecule has 0 aliphatic rings. The summed E-state index contributed by atoms with van der Waals surface area (Å²) < 4.78 is 7.29. The number of hydrogen-bond donors (Lipinski definition) is 0. The van der Waals surface area contributed by atoms with Gasteiger partial charge < -0.3 is 9.13 Å². The normalized spacial score (nSPS) is 11.9. The molecule has 0 saturated carbocycles. The van der Waals surface area contributed by atoms with Crippen LogP contribution in [0.3, 0.4) is 0 Å². The maximum Gasteiger partial charge on any atom is 0.164 e. The first kappa shape index (κ1) is 31.9. The van der Waals surface area contributed by atoms with E-state index in [2.05, 4.69) is 161 Å². The van der Waals surface area contributed by atoms with Crippen LogP contribution in [0.25, 0.3) is 109 Å². The Hall–Kier alpha value is -7.41. The van der Waals surface area contributed by atoms with Gasteiger partial charge in [0.2, 0.25) is 0 Å². The summed E-state index contributed by atoms with van der Waals surface area (Å²) in [5.41, 5.74) is 9.75. The maximum atomic E-state index is 5.18. The molecule has 266 valence electrons. The van der Waals surface area contributed by atoms with Crippen molar-refractivity contribution in [2.24, 2.45) is 0 Å². The quantitative estimate of drug-likeness (QED) is 0.176. The molecular formula is C51H31N5S. The number of hydrogen-bond acceptors (Lipinski definition) is 4. The lowest BCUT2D eigenvalue weighted by molar-refractivity contribution is 1.07. The first-order valence-corrected chi connectivity index (χ1v) is 19.9. The molecular weight excluding hydrogens is 715 g/mol. The Bertz CT molecular complexity index is 3450. The Labute approximate surface area is 331 Å². The van der Waals surface area contributed by atoms with E-state index in [9.17, 15) is 0 Å². The molecule has 0 fully saturated rings. The number of thiophene rings is 1. The van der Waals surface area contributed by atoms with Crippen LogP contribution in [0.4, 0.5) is 0 Å². The van der Waals surface area contributed by atoms with Gasteiger partial charge >= 0.3 is 0 Å². The number of benzene rings is 8. The second-order valence-corrected chi connectivity index (χ2v) is 15.5. The monoisotopic (exact) mass is 745 g/mol. The Kier molecular flexibility index (Phi) is 7.03. The highest BCUT2D eigenvalue weighted by Gasteiger charge is 2.22. The van der Waals surface area contributed by atoms with Crippen molar-refractivity contribution in [3.05, 3.63) is 188 Å².